The Labute approximate surface area is 156 Å². The lowest BCUT2D eigenvalue weighted by molar-refractivity contribution is -0.145. The highest BCUT2D eigenvalue weighted by Gasteiger charge is 2.29. The van der Waals surface area contributed by atoms with Gasteiger partial charge in [0, 0.05) is 0 Å². The van der Waals surface area contributed by atoms with Crippen LogP contribution >= 0.6 is 0 Å². The average molecular weight is 371 g/mol. The molecule has 2 aromatic rings. The number of alkyl carbamates (subject to hydrolysis) is 1. The fourth-order valence-corrected chi connectivity index (χ4v) is 2.53. The van der Waals surface area contributed by atoms with Gasteiger partial charge >= 0.3 is 18.0 Å². The van der Waals surface area contributed by atoms with Gasteiger partial charge in [0.05, 0.1) is 6.42 Å². The van der Waals surface area contributed by atoms with Gasteiger partial charge in [-0.2, -0.15) is 0 Å². The van der Waals surface area contributed by atoms with E-state index in [1.165, 1.54) is 0 Å². The number of benzene rings is 2. The summed E-state index contributed by atoms with van der Waals surface area (Å²) in [6.45, 7) is 3.33. The summed E-state index contributed by atoms with van der Waals surface area (Å²) in [6.07, 6.45) is -1.74. The molecule has 1 atom stereocenters. The van der Waals surface area contributed by atoms with E-state index in [2.05, 4.69) is 5.32 Å². The first-order valence-corrected chi connectivity index (χ1v) is 8.29. The molecule has 2 rings (SSSR count). The smallest absolute Gasteiger partial charge is 0.408 e. The summed E-state index contributed by atoms with van der Waals surface area (Å²) < 4.78 is 5.33. The summed E-state index contributed by atoms with van der Waals surface area (Å²) in [6, 6.07) is 15.7. The van der Waals surface area contributed by atoms with E-state index in [1.54, 1.807) is 13.8 Å². The van der Waals surface area contributed by atoms with Crippen LogP contribution in [0.25, 0.3) is 11.1 Å². The Kier molecular flexibility index (Phi) is 6.18. The van der Waals surface area contributed by atoms with Crippen LogP contribution in [0.15, 0.2) is 54.6 Å². The second-order valence-corrected chi connectivity index (χ2v) is 6.48. The molecule has 0 spiro atoms. The highest BCUT2D eigenvalue weighted by molar-refractivity contribution is 5.84. The van der Waals surface area contributed by atoms with Gasteiger partial charge in [-0.3, -0.25) is 4.79 Å². The molecule has 0 aromatic heterocycles. The molecule has 3 N–H and O–H groups in total. The Bertz CT molecular complexity index is 814. The highest BCUT2D eigenvalue weighted by Crippen LogP contribution is 2.28. The lowest BCUT2D eigenvalue weighted by Crippen LogP contribution is -2.44. The molecule has 1 amide bonds. The van der Waals surface area contributed by atoms with E-state index in [4.69, 9.17) is 14.9 Å². The maximum absolute atomic E-state index is 12.0. The van der Waals surface area contributed by atoms with E-state index < -0.39 is 36.1 Å². The second-order valence-electron chi connectivity index (χ2n) is 6.48. The van der Waals surface area contributed by atoms with Gasteiger partial charge < -0.3 is 20.3 Å². The number of carbonyl (C=O) groups excluding carboxylic acids is 1. The summed E-state index contributed by atoms with van der Waals surface area (Å²) in [4.78, 5) is 33.8. The molecule has 0 fully saturated rings. The molecule has 0 heterocycles. The Morgan fingerprint density at radius 3 is 2.04 bits per heavy atom. The van der Waals surface area contributed by atoms with Crippen molar-refractivity contribution in [2.75, 3.05) is 0 Å². The Balaban J connectivity index is 2.07. The SMILES string of the molecule is CC(C)(OC(=O)N[C@@H](CC(=O)O)C(=O)O)c1ccc(-c2ccccc2)cc1. The molecule has 27 heavy (non-hydrogen) atoms. The van der Waals surface area contributed by atoms with Crippen LogP contribution in [0.1, 0.15) is 25.8 Å². The topological polar surface area (TPSA) is 113 Å². The summed E-state index contributed by atoms with van der Waals surface area (Å²) in [5, 5.41) is 19.8. The second kappa shape index (κ2) is 8.35. The standard InChI is InChI=1S/C20H21NO6/c1-20(2,27-19(26)21-16(18(24)25)12-17(22)23)15-10-8-14(9-11-15)13-6-4-3-5-7-13/h3-11,16H,12H2,1-2H3,(H,21,26)(H,22,23)(H,24,25)/t16-/m0/s1. The fourth-order valence-electron chi connectivity index (χ4n) is 2.53. The molecule has 142 valence electrons. The predicted octanol–water partition coefficient (Wildman–Crippen LogP) is 3.24. The minimum atomic E-state index is -1.56. The van der Waals surface area contributed by atoms with Crippen LogP contribution in [0.5, 0.6) is 0 Å². The first kappa shape index (κ1) is 20.0. The van der Waals surface area contributed by atoms with Crippen LogP contribution in [0.2, 0.25) is 0 Å². The molecular weight excluding hydrogens is 350 g/mol. The molecule has 0 radical (unpaired) electrons. The summed E-state index contributed by atoms with van der Waals surface area (Å²) >= 11 is 0. The van der Waals surface area contributed by atoms with Gasteiger partial charge in [0.15, 0.2) is 0 Å². The zero-order valence-electron chi connectivity index (χ0n) is 15.0. The molecule has 0 aliphatic rings. The first-order valence-electron chi connectivity index (χ1n) is 8.29. The van der Waals surface area contributed by atoms with E-state index >= 15 is 0 Å². The van der Waals surface area contributed by atoms with Crippen molar-refractivity contribution in [1.82, 2.24) is 5.32 Å². The van der Waals surface area contributed by atoms with Crippen molar-refractivity contribution in [2.45, 2.75) is 31.9 Å². The van der Waals surface area contributed by atoms with Crippen LogP contribution in [0.3, 0.4) is 0 Å². The number of hydrogen-bond donors (Lipinski definition) is 3. The number of carboxylic acids is 2. The van der Waals surface area contributed by atoms with Gasteiger partial charge in [-0.15, -0.1) is 0 Å². The van der Waals surface area contributed by atoms with Crippen molar-refractivity contribution in [1.29, 1.82) is 0 Å². The minimum absolute atomic E-state index is 0.711. The van der Waals surface area contributed by atoms with Crippen molar-refractivity contribution in [2.24, 2.45) is 0 Å². The van der Waals surface area contributed by atoms with E-state index in [0.717, 1.165) is 11.1 Å². The van der Waals surface area contributed by atoms with Crippen molar-refractivity contribution in [3.05, 3.63) is 60.2 Å². The van der Waals surface area contributed by atoms with Crippen LogP contribution in [-0.4, -0.2) is 34.3 Å². The minimum Gasteiger partial charge on any atom is -0.481 e. The molecular formula is C20H21NO6. The van der Waals surface area contributed by atoms with Crippen LogP contribution in [-0.2, 0) is 19.9 Å². The van der Waals surface area contributed by atoms with Crippen LogP contribution < -0.4 is 5.32 Å². The normalized spacial score (nSPS) is 12.1. The molecule has 7 nitrogen and oxygen atoms in total. The monoisotopic (exact) mass is 371 g/mol. The highest BCUT2D eigenvalue weighted by atomic mass is 16.6. The quantitative estimate of drug-likeness (QED) is 0.689. The van der Waals surface area contributed by atoms with Gasteiger partial charge in [-0.25, -0.2) is 9.59 Å². The molecule has 0 saturated heterocycles. The molecule has 0 bridgehead atoms. The first-order chi connectivity index (χ1) is 12.7. The van der Waals surface area contributed by atoms with Crippen molar-refractivity contribution >= 4 is 18.0 Å². The zero-order valence-corrected chi connectivity index (χ0v) is 15.0. The average Bonchev–Trinajstić information content (AvgIpc) is 2.61. The summed E-state index contributed by atoms with van der Waals surface area (Å²) in [5.74, 6) is -2.78. The van der Waals surface area contributed by atoms with Crippen molar-refractivity contribution in [3.63, 3.8) is 0 Å². The van der Waals surface area contributed by atoms with Gasteiger partial charge in [-0.05, 0) is 30.5 Å². The van der Waals surface area contributed by atoms with Crippen molar-refractivity contribution in [3.8, 4) is 11.1 Å². The molecule has 0 aliphatic heterocycles. The number of carboxylic acid groups (broad SMARTS) is 2. The summed E-state index contributed by atoms with van der Waals surface area (Å²) in [5.41, 5.74) is 1.74. The van der Waals surface area contributed by atoms with E-state index in [0.29, 0.717) is 5.56 Å². The van der Waals surface area contributed by atoms with Gasteiger partial charge in [0.2, 0.25) is 0 Å². The van der Waals surface area contributed by atoms with E-state index in [-0.39, 0.29) is 0 Å². The molecule has 7 heteroatoms. The molecule has 0 saturated carbocycles. The predicted molar refractivity (Wildman–Crippen MR) is 98.2 cm³/mol. The van der Waals surface area contributed by atoms with Gasteiger partial charge in [0.1, 0.15) is 11.6 Å². The largest absolute Gasteiger partial charge is 0.481 e. The number of aliphatic carboxylic acids is 2. The lowest BCUT2D eigenvalue weighted by atomic mass is 9.95. The third-order valence-electron chi connectivity index (χ3n) is 4.00. The van der Waals surface area contributed by atoms with Crippen LogP contribution in [0.4, 0.5) is 4.79 Å². The van der Waals surface area contributed by atoms with Crippen LogP contribution in [0, 0.1) is 0 Å². The number of hydrogen-bond acceptors (Lipinski definition) is 4. The van der Waals surface area contributed by atoms with E-state index in [1.807, 2.05) is 54.6 Å². The third-order valence-corrected chi connectivity index (χ3v) is 4.00. The Morgan fingerprint density at radius 1 is 0.963 bits per heavy atom. The number of carbonyl (C=O) groups is 3. The Hall–Kier alpha value is -3.35. The van der Waals surface area contributed by atoms with E-state index in [9.17, 15) is 14.4 Å². The maximum atomic E-state index is 12.0. The molecule has 0 unspecified atom stereocenters. The Morgan fingerprint density at radius 2 is 1.52 bits per heavy atom. The fraction of sp³-hybridized carbons (Fsp3) is 0.250. The zero-order chi connectivity index (χ0) is 20.0. The van der Waals surface area contributed by atoms with Crippen molar-refractivity contribution < 1.29 is 29.3 Å². The molecule has 2 aromatic carbocycles. The number of rotatable bonds is 7. The number of amides is 1. The van der Waals surface area contributed by atoms with Gasteiger partial charge in [0.25, 0.3) is 0 Å². The molecule has 0 aliphatic carbocycles. The number of nitrogens with one attached hydrogen (secondary N) is 1. The summed E-state index contributed by atoms with van der Waals surface area (Å²) in [7, 11) is 0. The lowest BCUT2D eigenvalue weighted by Gasteiger charge is -2.26. The van der Waals surface area contributed by atoms with Gasteiger partial charge in [-0.1, -0.05) is 54.6 Å². The third kappa shape index (κ3) is 5.57. The number of ether oxygens (including phenoxy) is 1. The maximum Gasteiger partial charge on any atom is 0.408 e.